The second kappa shape index (κ2) is 4.77. The van der Waals surface area contributed by atoms with Crippen LogP contribution in [0.25, 0.3) is 0 Å². The smallest absolute Gasteiger partial charge is 0.344 e. The van der Waals surface area contributed by atoms with Crippen LogP contribution >= 0.6 is 11.6 Å². The topological polar surface area (TPSA) is 39.2 Å². The summed E-state index contributed by atoms with van der Waals surface area (Å²) in [5, 5.41) is 0.496. The van der Waals surface area contributed by atoms with Gasteiger partial charge in [-0.15, -0.1) is 0 Å². The number of hydrogen-bond acceptors (Lipinski definition) is 3. The molecule has 1 aromatic carbocycles. The minimum Gasteiger partial charge on any atom is -0.404 e. The Bertz CT molecular complexity index is 499. The van der Waals surface area contributed by atoms with Crippen LogP contribution in [0.2, 0.25) is 5.02 Å². The Morgan fingerprint density at radius 2 is 2.06 bits per heavy atom. The van der Waals surface area contributed by atoms with E-state index in [1.165, 1.54) is 0 Å². The number of ether oxygens (including phenoxy) is 1. The van der Waals surface area contributed by atoms with E-state index in [0.29, 0.717) is 10.6 Å². The first kappa shape index (κ1) is 10.6. The molecule has 0 bridgehead atoms. The van der Waals surface area contributed by atoms with Crippen molar-refractivity contribution in [3.05, 3.63) is 59.2 Å². The fraction of sp³-hybridized carbons (Fsp3) is 0. The number of hydrogen-bond donors (Lipinski definition) is 0. The molecule has 0 spiro atoms. The van der Waals surface area contributed by atoms with Crippen molar-refractivity contribution in [3.63, 3.8) is 0 Å². The molecule has 0 radical (unpaired) electrons. The number of benzene rings is 1. The number of pyridine rings is 1. The van der Waals surface area contributed by atoms with Crippen LogP contribution in [-0.2, 0) is 0 Å². The van der Waals surface area contributed by atoms with Gasteiger partial charge in [-0.1, -0.05) is 23.7 Å². The van der Waals surface area contributed by atoms with E-state index in [2.05, 4.69) is 4.98 Å². The summed E-state index contributed by atoms with van der Waals surface area (Å²) in [5.74, 6) is -0.200. The summed E-state index contributed by atoms with van der Waals surface area (Å²) in [6, 6.07) is 11.7. The minimum absolute atomic E-state index is 0.271. The van der Waals surface area contributed by atoms with Crippen molar-refractivity contribution in [1.82, 2.24) is 4.98 Å². The molecule has 3 nitrogen and oxygen atoms in total. The number of halogens is 1. The molecule has 0 saturated carbocycles. The first-order chi connectivity index (χ1) is 7.75. The third-order valence-corrected chi connectivity index (χ3v) is 2.13. The van der Waals surface area contributed by atoms with Crippen LogP contribution in [0, 0.1) is 0 Å². The van der Waals surface area contributed by atoms with Crippen LogP contribution in [0.5, 0.6) is 5.88 Å². The Labute approximate surface area is 97.7 Å². The zero-order chi connectivity index (χ0) is 11.4. The van der Waals surface area contributed by atoms with Gasteiger partial charge in [-0.25, -0.2) is 9.78 Å². The van der Waals surface area contributed by atoms with Gasteiger partial charge in [0.1, 0.15) is 0 Å². The Kier molecular flexibility index (Phi) is 3.17. The molecular weight excluding hydrogens is 226 g/mol. The maximum atomic E-state index is 11.6. The Balaban J connectivity index is 2.15. The van der Waals surface area contributed by atoms with Crippen LogP contribution in [0.3, 0.4) is 0 Å². The second-order valence-corrected chi connectivity index (χ2v) is 3.50. The number of carbonyl (C=O) groups excluding carboxylic acids is 1. The molecule has 0 unspecified atom stereocenters. The predicted molar refractivity (Wildman–Crippen MR) is 60.6 cm³/mol. The molecule has 1 aromatic heterocycles. The molecule has 0 aliphatic rings. The highest BCUT2D eigenvalue weighted by Crippen LogP contribution is 2.13. The van der Waals surface area contributed by atoms with Gasteiger partial charge in [-0.3, -0.25) is 0 Å². The quantitative estimate of drug-likeness (QED) is 0.749. The summed E-state index contributed by atoms with van der Waals surface area (Å²) in [6.07, 6.45) is 1.56. The van der Waals surface area contributed by atoms with Crippen LogP contribution in [0.15, 0.2) is 48.7 Å². The van der Waals surface area contributed by atoms with Crippen molar-refractivity contribution in [2.75, 3.05) is 0 Å². The van der Waals surface area contributed by atoms with Gasteiger partial charge >= 0.3 is 5.97 Å². The lowest BCUT2D eigenvalue weighted by Crippen LogP contribution is -2.08. The number of esters is 1. The summed E-state index contributed by atoms with van der Waals surface area (Å²) in [5.41, 5.74) is 0.401. The molecule has 0 aliphatic carbocycles. The number of rotatable bonds is 2. The fourth-order valence-electron chi connectivity index (χ4n) is 1.18. The molecule has 0 saturated heterocycles. The van der Waals surface area contributed by atoms with Crippen molar-refractivity contribution >= 4 is 17.6 Å². The normalized spacial score (nSPS) is 9.81. The predicted octanol–water partition coefficient (Wildman–Crippen LogP) is 2.95. The minimum atomic E-state index is -0.471. The molecule has 2 aromatic rings. The number of carbonyl (C=O) groups is 1. The lowest BCUT2D eigenvalue weighted by atomic mass is 10.2. The summed E-state index contributed by atoms with van der Waals surface area (Å²) in [7, 11) is 0. The largest absolute Gasteiger partial charge is 0.404 e. The Morgan fingerprint density at radius 1 is 1.19 bits per heavy atom. The van der Waals surface area contributed by atoms with Crippen molar-refractivity contribution in [2.24, 2.45) is 0 Å². The Hall–Kier alpha value is -1.87. The third kappa shape index (κ3) is 2.58. The molecule has 0 amide bonds. The van der Waals surface area contributed by atoms with Gasteiger partial charge in [0, 0.05) is 17.3 Å². The molecule has 0 atom stereocenters. The maximum Gasteiger partial charge on any atom is 0.344 e. The van der Waals surface area contributed by atoms with Gasteiger partial charge in [-0.05, 0) is 24.3 Å². The van der Waals surface area contributed by atoms with Gasteiger partial charge in [0.05, 0.1) is 5.56 Å². The average molecular weight is 234 g/mol. The van der Waals surface area contributed by atoms with Gasteiger partial charge in [0.2, 0.25) is 5.88 Å². The second-order valence-electron chi connectivity index (χ2n) is 3.07. The van der Waals surface area contributed by atoms with E-state index < -0.39 is 5.97 Å². The van der Waals surface area contributed by atoms with Crippen molar-refractivity contribution in [3.8, 4) is 5.88 Å². The first-order valence-electron chi connectivity index (χ1n) is 4.64. The van der Waals surface area contributed by atoms with E-state index in [0.717, 1.165) is 0 Å². The molecule has 0 N–H and O–H groups in total. The van der Waals surface area contributed by atoms with Gasteiger partial charge in [0.25, 0.3) is 0 Å². The van der Waals surface area contributed by atoms with Crippen LogP contribution < -0.4 is 4.74 Å². The zero-order valence-electron chi connectivity index (χ0n) is 8.26. The SMILES string of the molecule is O=C(Oc1ccccn1)c1cccc(Cl)c1. The highest BCUT2D eigenvalue weighted by atomic mass is 35.5. The fourth-order valence-corrected chi connectivity index (χ4v) is 1.37. The summed E-state index contributed by atoms with van der Waals surface area (Å²) in [6.45, 7) is 0. The van der Waals surface area contributed by atoms with E-state index in [9.17, 15) is 4.79 Å². The molecule has 16 heavy (non-hydrogen) atoms. The molecule has 80 valence electrons. The first-order valence-corrected chi connectivity index (χ1v) is 5.02. The summed E-state index contributed by atoms with van der Waals surface area (Å²) in [4.78, 5) is 15.5. The van der Waals surface area contributed by atoms with Crippen molar-refractivity contribution < 1.29 is 9.53 Å². The zero-order valence-corrected chi connectivity index (χ0v) is 9.02. The van der Waals surface area contributed by atoms with Gasteiger partial charge in [0.15, 0.2) is 0 Å². The summed E-state index contributed by atoms with van der Waals surface area (Å²) < 4.78 is 5.05. The molecule has 1 heterocycles. The lowest BCUT2D eigenvalue weighted by molar-refractivity contribution is 0.0727. The highest BCUT2D eigenvalue weighted by Gasteiger charge is 2.08. The van der Waals surface area contributed by atoms with Crippen LogP contribution in [0.4, 0.5) is 0 Å². The van der Waals surface area contributed by atoms with Crippen molar-refractivity contribution in [2.45, 2.75) is 0 Å². The highest BCUT2D eigenvalue weighted by molar-refractivity contribution is 6.30. The standard InChI is InChI=1S/C12H8ClNO2/c13-10-5-3-4-9(8-10)12(15)16-11-6-1-2-7-14-11/h1-8H. The van der Waals surface area contributed by atoms with E-state index in [1.807, 2.05) is 0 Å². The molecule has 0 aliphatic heterocycles. The van der Waals surface area contributed by atoms with E-state index in [4.69, 9.17) is 16.3 Å². The summed E-state index contributed by atoms with van der Waals surface area (Å²) >= 11 is 5.77. The molecule has 2 rings (SSSR count). The van der Waals surface area contributed by atoms with E-state index in [1.54, 1.807) is 48.7 Å². The third-order valence-electron chi connectivity index (χ3n) is 1.90. The monoisotopic (exact) mass is 233 g/mol. The number of aromatic nitrogens is 1. The maximum absolute atomic E-state index is 11.6. The van der Waals surface area contributed by atoms with Gasteiger partial charge < -0.3 is 4.74 Å². The van der Waals surface area contributed by atoms with E-state index >= 15 is 0 Å². The van der Waals surface area contributed by atoms with Crippen LogP contribution in [-0.4, -0.2) is 11.0 Å². The van der Waals surface area contributed by atoms with E-state index in [-0.39, 0.29) is 5.88 Å². The molecular formula is C12H8ClNO2. The molecule has 4 heteroatoms. The van der Waals surface area contributed by atoms with Gasteiger partial charge in [-0.2, -0.15) is 0 Å². The Morgan fingerprint density at radius 3 is 2.75 bits per heavy atom. The lowest BCUT2D eigenvalue weighted by Gasteiger charge is -2.02. The average Bonchev–Trinajstić information content (AvgIpc) is 2.30. The number of nitrogens with zero attached hydrogens (tertiary/aromatic N) is 1. The van der Waals surface area contributed by atoms with Crippen molar-refractivity contribution in [1.29, 1.82) is 0 Å². The van der Waals surface area contributed by atoms with Crippen LogP contribution in [0.1, 0.15) is 10.4 Å². The molecule has 0 fully saturated rings.